The highest BCUT2D eigenvalue weighted by Gasteiger charge is 2.59. The summed E-state index contributed by atoms with van der Waals surface area (Å²) in [5.41, 5.74) is 2.38. The van der Waals surface area contributed by atoms with E-state index in [1.54, 1.807) is 0 Å². The third-order valence-corrected chi connectivity index (χ3v) is 10.2. The molecule has 4 amide bonds. The minimum Gasteiger partial charge on any atom is -0.356 e. The third kappa shape index (κ3) is 5.43. The zero-order valence-electron chi connectivity index (χ0n) is 25.9. The summed E-state index contributed by atoms with van der Waals surface area (Å²) in [6.45, 7) is 6.12. The van der Waals surface area contributed by atoms with Gasteiger partial charge in [0.1, 0.15) is 0 Å². The lowest BCUT2D eigenvalue weighted by molar-refractivity contribution is -0.167. The Bertz CT molecular complexity index is 1390. The van der Waals surface area contributed by atoms with Gasteiger partial charge in [-0.25, -0.2) is 0 Å². The van der Waals surface area contributed by atoms with Crippen molar-refractivity contribution in [3.05, 3.63) is 35.5 Å². The summed E-state index contributed by atoms with van der Waals surface area (Å²) in [5, 5.41) is 4.14. The molecule has 1 saturated carbocycles. The number of fused-ring (bicyclic) bond motifs is 5. The van der Waals surface area contributed by atoms with Crippen molar-refractivity contribution in [1.29, 1.82) is 0 Å². The maximum absolute atomic E-state index is 14.6. The molecule has 0 spiro atoms. The maximum Gasteiger partial charge on any atom is 0.228 e. The molecule has 43 heavy (non-hydrogen) atoms. The number of carbonyl (C=O) groups is 4. The minimum atomic E-state index is -0.805. The van der Waals surface area contributed by atoms with Gasteiger partial charge in [0.15, 0.2) is 0 Å². The predicted molar refractivity (Wildman–Crippen MR) is 164 cm³/mol. The Hall–Kier alpha value is -3.40. The van der Waals surface area contributed by atoms with Gasteiger partial charge >= 0.3 is 0 Å². The molecule has 232 valence electrons. The number of piperazine rings is 1. The van der Waals surface area contributed by atoms with Gasteiger partial charge in [0.05, 0.1) is 11.5 Å². The Labute approximate surface area is 254 Å². The van der Waals surface area contributed by atoms with E-state index in [2.05, 4.69) is 34.3 Å². The van der Waals surface area contributed by atoms with Gasteiger partial charge in [-0.15, -0.1) is 0 Å². The van der Waals surface area contributed by atoms with Crippen LogP contribution in [-0.2, 0) is 31.1 Å². The lowest BCUT2D eigenvalue weighted by Gasteiger charge is -2.56. The number of benzene rings is 1. The summed E-state index contributed by atoms with van der Waals surface area (Å²) >= 11 is 0. The highest BCUT2D eigenvalue weighted by atomic mass is 16.2. The number of carbonyl (C=O) groups excluding carboxylic acids is 4. The topological polar surface area (TPSA) is 109 Å². The van der Waals surface area contributed by atoms with Gasteiger partial charge in [-0.05, 0) is 70.8 Å². The molecule has 3 aliphatic heterocycles. The standard InChI is InChI=1S/C33H46N6O4/c1-4-33-26(32(43)38-18-16-37(17-19-38)30(41)22-10-11-22)20-23(21-28(40)34-13-7-14-36(2)3)31(42)39(33)15-12-25-24-8-5-6-9-27(24)35-29(25)33/h5-6,8-9,22-23,26,35H,4,7,10-21H2,1-3H3,(H,34,40)/t23?,26-,33+/m1/s1. The molecule has 4 heterocycles. The minimum absolute atomic E-state index is 0.0285. The molecule has 2 N–H and O–H groups in total. The van der Waals surface area contributed by atoms with Crippen LogP contribution >= 0.6 is 0 Å². The molecule has 6 rings (SSSR count). The van der Waals surface area contributed by atoms with Crippen LogP contribution in [0.2, 0.25) is 0 Å². The Kier molecular flexibility index (Phi) is 8.24. The van der Waals surface area contributed by atoms with Crippen LogP contribution in [0.3, 0.4) is 0 Å². The monoisotopic (exact) mass is 590 g/mol. The van der Waals surface area contributed by atoms with Gasteiger partial charge in [0.25, 0.3) is 0 Å². The average molecular weight is 591 g/mol. The molecular formula is C33H46N6O4. The number of nitrogens with one attached hydrogen (secondary N) is 2. The number of hydrogen-bond acceptors (Lipinski definition) is 5. The Morgan fingerprint density at radius 1 is 1.02 bits per heavy atom. The molecule has 2 aromatic rings. The van der Waals surface area contributed by atoms with Crippen molar-refractivity contribution < 1.29 is 19.2 Å². The second kappa shape index (κ2) is 11.9. The molecule has 1 aromatic carbocycles. The van der Waals surface area contributed by atoms with Crippen molar-refractivity contribution in [3.63, 3.8) is 0 Å². The van der Waals surface area contributed by atoms with E-state index in [0.717, 1.165) is 42.4 Å². The fourth-order valence-corrected chi connectivity index (χ4v) is 7.82. The highest BCUT2D eigenvalue weighted by molar-refractivity contribution is 5.93. The van der Waals surface area contributed by atoms with Gasteiger partial charge in [-0.3, -0.25) is 19.2 Å². The second-order valence-corrected chi connectivity index (χ2v) is 13.2. The molecule has 10 nitrogen and oxygen atoms in total. The molecule has 1 unspecified atom stereocenters. The van der Waals surface area contributed by atoms with Crippen molar-refractivity contribution in [1.82, 2.24) is 29.9 Å². The number of nitrogens with zero attached hydrogens (tertiary/aromatic N) is 4. The summed E-state index contributed by atoms with van der Waals surface area (Å²) in [5.74, 6) is -0.785. The molecule has 2 saturated heterocycles. The molecule has 0 bridgehead atoms. The van der Waals surface area contributed by atoms with Crippen molar-refractivity contribution in [2.45, 2.75) is 57.4 Å². The number of para-hydroxylation sites is 1. The first-order chi connectivity index (χ1) is 20.7. The largest absolute Gasteiger partial charge is 0.356 e. The summed E-state index contributed by atoms with van der Waals surface area (Å²) in [4.78, 5) is 66.0. The van der Waals surface area contributed by atoms with Gasteiger partial charge in [0.2, 0.25) is 23.6 Å². The normalized spacial score (nSPS) is 25.6. The van der Waals surface area contributed by atoms with Gasteiger partial charge < -0.3 is 29.9 Å². The van der Waals surface area contributed by atoms with E-state index < -0.39 is 17.4 Å². The van der Waals surface area contributed by atoms with E-state index in [1.165, 1.54) is 5.56 Å². The summed E-state index contributed by atoms with van der Waals surface area (Å²) < 4.78 is 0. The van der Waals surface area contributed by atoms with Crippen LogP contribution in [0, 0.1) is 17.8 Å². The summed E-state index contributed by atoms with van der Waals surface area (Å²) in [6.07, 6.45) is 4.51. The summed E-state index contributed by atoms with van der Waals surface area (Å²) in [6, 6.07) is 8.21. The second-order valence-electron chi connectivity index (χ2n) is 13.2. The van der Waals surface area contributed by atoms with E-state index in [0.29, 0.717) is 58.5 Å². The number of aromatic nitrogens is 1. The van der Waals surface area contributed by atoms with Crippen LogP contribution in [0.4, 0.5) is 0 Å². The van der Waals surface area contributed by atoms with Crippen molar-refractivity contribution >= 4 is 34.5 Å². The number of amides is 4. The fourth-order valence-electron chi connectivity index (χ4n) is 7.82. The number of H-pyrrole nitrogens is 1. The van der Waals surface area contributed by atoms with Crippen molar-refractivity contribution in [2.75, 3.05) is 59.9 Å². The molecule has 1 aliphatic carbocycles. The average Bonchev–Trinajstić information content (AvgIpc) is 3.79. The maximum atomic E-state index is 14.6. The first-order valence-electron chi connectivity index (χ1n) is 16.1. The SMILES string of the molecule is CC[C@]12c3[nH]c4ccccc4c3CCN1C(=O)C(CC(=O)NCCCN(C)C)C[C@@H]2C(=O)N1CCN(C(=O)C2CC2)CC1. The lowest BCUT2D eigenvalue weighted by Crippen LogP contribution is -2.66. The third-order valence-electron chi connectivity index (χ3n) is 10.2. The first-order valence-corrected chi connectivity index (χ1v) is 16.1. The van der Waals surface area contributed by atoms with Crippen LogP contribution in [-0.4, -0.2) is 108 Å². The molecule has 10 heteroatoms. The highest BCUT2D eigenvalue weighted by Crippen LogP contribution is 2.52. The fraction of sp³-hybridized carbons (Fsp3) is 0.636. The molecule has 3 fully saturated rings. The van der Waals surface area contributed by atoms with Crippen LogP contribution in [0.25, 0.3) is 10.9 Å². The lowest BCUT2D eigenvalue weighted by atomic mass is 9.65. The zero-order chi connectivity index (χ0) is 30.3. The number of piperidine rings is 1. The van der Waals surface area contributed by atoms with E-state index in [1.807, 2.05) is 40.9 Å². The van der Waals surface area contributed by atoms with Crippen molar-refractivity contribution in [2.24, 2.45) is 17.8 Å². The van der Waals surface area contributed by atoms with Crippen LogP contribution in [0.1, 0.15) is 56.7 Å². The predicted octanol–water partition coefficient (Wildman–Crippen LogP) is 2.33. The van der Waals surface area contributed by atoms with E-state index in [4.69, 9.17) is 0 Å². The molecule has 0 radical (unpaired) electrons. The molecular weight excluding hydrogens is 544 g/mol. The zero-order valence-corrected chi connectivity index (χ0v) is 25.9. The smallest absolute Gasteiger partial charge is 0.228 e. The Balaban J connectivity index is 1.29. The van der Waals surface area contributed by atoms with Crippen LogP contribution < -0.4 is 5.32 Å². The van der Waals surface area contributed by atoms with Gasteiger partial charge in [-0.2, -0.15) is 0 Å². The van der Waals surface area contributed by atoms with Crippen molar-refractivity contribution in [3.8, 4) is 0 Å². The molecule has 4 aliphatic rings. The van der Waals surface area contributed by atoms with Crippen LogP contribution in [0.15, 0.2) is 24.3 Å². The van der Waals surface area contributed by atoms with E-state index in [-0.39, 0.29) is 36.0 Å². The van der Waals surface area contributed by atoms with E-state index in [9.17, 15) is 19.2 Å². The quantitative estimate of drug-likeness (QED) is 0.436. The Morgan fingerprint density at radius 3 is 2.40 bits per heavy atom. The van der Waals surface area contributed by atoms with E-state index >= 15 is 0 Å². The summed E-state index contributed by atoms with van der Waals surface area (Å²) in [7, 11) is 4.00. The molecule has 1 aromatic heterocycles. The van der Waals surface area contributed by atoms with Crippen LogP contribution in [0.5, 0.6) is 0 Å². The number of rotatable bonds is 9. The number of aromatic amines is 1. The van der Waals surface area contributed by atoms with Gasteiger partial charge in [-0.1, -0.05) is 25.1 Å². The van der Waals surface area contributed by atoms with Gasteiger partial charge in [0, 0.05) is 74.1 Å². The molecule has 3 atom stereocenters. The first kappa shape index (κ1) is 29.7. The Morgan fingerprint density at radius 2 is 1.72 bits per heavy atom. The number of hydrogen-bond donors (Lipinski definition) is 2.